The van der Waals surface area contributed by atoms with Crippen LogP contribution in [0.15, 0.2) is 0 Å². The molecule has 0 amide bonds. The van der Waals surface area contributed by atoms with Crippen LogP contribution in [0.2, 0.25) is 0 Å². The van der Waals surface area contributed by atoms with E-state index in [0.717, 1.165) is 6.42 Å². The molecule has 1 heterocycles. The molecule has 0 saturated carbocycles. The minimum absolute atomic E-state index is 0.324. The molecule has 1 atom stereocenters. The fourth-order valence-corrected chi connectivity index (χ4v) is 2.51. The molecule has 0 aromatic heterocycles. The number of sulfonamides is 1. The molecular formula is C5H11IN2O2S. The van der Waals surface area contributed by atoms with E-state index in [1.54, 1.807) is 0 Å². The zero-order valence-corrected chi connectivity index (χ0v) is 9.22. The number of nitrogens with one attached hydrogen (secondary N) is 1. The topological polar surface area (TPSA) is 49.4 Å². The first-order chi connectivity index (χ1) is 5.04. The molecule has 1 aliphatic heterocycles. The first-order valence-electron chi connectivity index (χ1n) is 3.35. The predicted octanol–water partition coefficient (Wildman–Crippen LogP) is -0.0401. The van der Waals surface area contributed by atoms with Gasteiger partial charge in [0, 0.05) is 42.0 Å². The predicted molar refractivity (Wildman–Crippen MR) is 52.0 cm³/mol. The number of nitrogens with zero attached hydrogens (tertiary/aromatic N) is 1. The van der Waals surface area contributed by atoms with Crippen molar-refractivity contribution in [3.63, 3.8) is 0 Å². The van der Waals surface area contributed by atoms with E-state index >= 15 is 0 Å². The lowest BCUT2D eigenvalue weighted by molar-refractivity contribution is 0.476. The number of hydrogen-bond donors (Lipinski definition) is 1. The van der Waals surface area contributed by atoms with Gasteiger partial charge >= 0.3 is 0 Å². The second-order valence-corrected chi connectivity index (χ2v) is 5.32. The van der Waals surface area contributed by atoms with Crippen molar-refractivity contribution < 1.29 is 8.42 Å². The summed E-state index contributed by atoms with van der Waals surface area (Å²) in [6, 6.07) is 0.324. The Morgan fingerprint density at radius 3 is 2.55 bits per heavy atom. The molecule has 1 fully saturated rings. The average Bonchev–Trinajstić information content (AvgIpc) is 2.32. The normalized spacial score (nSPS) is 27.6. The summed E-state index contributed by atoms with van der Waals surface area (Å²) in [5, 5.41) is 0. The average molecular weight is 290 g/mol. The molecule has 0 aliphatic carbocycles. The quantitative estimate of drug-likeness (QED) is 0.573. The van der Waals surface area contributed by atoms with E-state index in [0.29, 0.717) is 19.1 Å². The van der Waals surface area contributed by atoms with E-state index in [2.05, 4.69) is 26.4 Å². The monoisotopic (exact) mass is 290 g/mol. The van der Waals surface area contributed by atoms with Crippen molar-refractivity contribution in [2.24, 2.45) is 0 Å². The van der Waals surface area contributed by atoms with Crippen LogP contribution in [0.3, 0.4) is 0 Å². The van der Waals surface area contributed by atoms with Gasteiger partial charge in [-0.25, -0.2) is 12.7 Å². The van der Waals surface area contributed by atoms with Gasteiger partial charge in [0.2, 0.25) is 10.0 Å². The minimum Gasteiger partial charge on any atom is -0.257 e. The SMILES string of the molecule is CS(=O)(=O)N1CCC(NI)C1. The fourth-order valence-electron chi connectivity index (χ4n) is 1.12. The summed E-state index contributed by atoms with van der Waals surface area (Å²) in [6.07, 6.45) is 2.17. The first-order valence-corrected chi connectivity index (χ1v) is 6.28. The van der Waals surface area contributed by atoms with Crippen LogP contribution in [-0.2, 0) is 10.0 Å². The Balaban J connectivity index is 2.55. The van der Waals surface area contributed by atoms with Crippen LogP contribution in [0.25, 0.3) is 0 Å². The number of rotatable bonds is 2. The van der Waals surface area contributed by atoms with Gasteiger partial charge in [-0.2, -0.15) is 0 Å². The smallest absolute Gasteiger partial charge is 0.211 e. The molecule has 1 aliphatic rings. The summed E-state index contributed by atoms with van der Waals surface area (Å²) < 4.78 is 26.5. The van der Waals surface area contributed by atoms with Crippen molar-refractivity contribution >= 4 is 32.9 Å². The van der Waals surface area contributed by atoms with E-state index in [9.17, 15) is 8.42 Å². The Labute approximate surface area is 80.9 Å². The van der Waals surface area contributed by atoms with Crippen molar-refractivity contribution in [2.45, 2.75) is 12.5 Å². The highest BCUT2D eigenvalue weighted by molar-refractivity contribution is 14.1. The summed E-state index contributed by atoms with van der Waals surface area (Å²) in [7, 11) is -2.96. The van der Waals surface area contributed by atoms with Gasteiger partial charge in [-0.3, -0.25) is 3.53 Å². The molecule has 0 aromatic rings. The molecule has 1 unspecified atom stereocenters. The van der Waals surface area contributed by atoms with Gasteiger partial charge in [0.1, 0.15) is 0 Å². The Morgan fingerprint density at radius 2 is 2.27 bits per heavy atom. The third-order valence-electron chi connectivity index (χ3n) is 1.77. The third kappa shape index (κ3) is 2.53. The molecular weight excluding hydrogens is 279 g/mol. The summed E-state index contributed by atoms with van der Waals surface area (Å²) in [4.78, 5) is 0. The first kappa shape index (κ1) is 9.69. The van der Waals surface area contributed by atoms with Gasteiger partial charge in [0.15, 0.2) is 0 Å². The zero-order chi connectivity index (χ0) is 8.48. The molecule has 1 saturated heterocycles. The molecule has 66 valence electrons. The van der Waals surface area contributed by atoms with Crippen LogP contribution < -0.4 is 3.53 Å². The second kappa shape index (κ2) is 3.55. The highest BCUT2D eigenvalue weighted by Crippen LogP contribution is 2.12. The fraction of sp³-hybridized carbons (Fsp3) is 1.00. The molecule has 0 radical (unpaired) electrons. The van der Waals surface area contributed by atoms with Crippen molar-refractivity contribution in [3.8, 4) is 0 Å². The summed E-state index contributed by atoms with van der Waals surface area (Å²) in [5.41, 5.74) is 0. The van der Waals surface area contributed by atoms with Crippen molar-refractivity contribution in [1.82, 2.24) is 7.84 Å². The van der Waals surface area contributed by atoms with Crippen molar-refractivity contribution in [1.29, 1.82) is 0 Å². The molecule has 1 N–H and O–H groups in total. The lowest BCUT2D eigenvalue weighted by Crippen LogP contribution is -2.30. The largest absolute Gasteiger partial charge is 0.257 e. The maximum absolute atomic E-state index is 11.0. The van der Waals surface area contributed by atoms with Crippen LogP contribution in [0.5, 0.6) is 0 Å². The molecule has 0 bridgehead atoms. The third-order valence-corrected chi connectivity index (χ3v) is 3.92. The second-order valence-electron chi connectivity index (χ2n) is 2.72. The molecule has 11 heavy (non-hydrogen) atoms. The highest BCUT2D eigenvalue weighted by Gasteiger charge is 2.27. The van der Waals surface area contributed by atoms with Crippen LogP contribution in [0.1, 0.15) is 6.42 Å². The van der Waals surface area contributed by atoms with Gasteiger partial charge in [-0.05, 0) is 6.42 Å². The summed E-state index contributed by atoms with van der Waals surface area (Å²) in [6.45, 7) is 1.27. The zero-order valence-electron chi connectivity index (χ0n) is 6.25. The van der Waals surface area contributed by atoms with Gasteiger partial charge in [0.25, 0.3) is 0 Å². The van der Waals surface area contributed by atoms with E-state index in [1.165, 1.54) is 10.6 Å². The Kier molecular flexibility index (Phi) is 3.12. The van der Waals surface area contributed by atoms with Crippen LogP contribution >= 0.6 is 22.9 Å². The lowest BCUT2D eigenvalue weighted by atomic mass is 10.3. The number of hydrogen-bond acceptors (Lipinski definition) is 3. The molecule has 1 rings (SSSR count). The Morgan fingerprint density at radius 1 is 1.64 bits per heavy atom. The van der Waals surface area contributed by atoms with Crippen LogP contribution in [0.4, 0.5) is 0 Å². The lowest BCUT2D eigenvalue weighted by Gasteiger charge is -2.11. The molecule has 4 nitrogen and oxygen atoms in total. The maximum atomic E-state index is 11.0. The molecule has 0 aromatic carbocycles. The van der Waals surface area contributed by atoms with E-state index in [-0.39, 0.29) is 0 Å². The summed E-state index contributed by atoms with van der Waals surface area (Å²) in [5.74, 6) is 0. The van der Waals surface area contributed by atoms with E-state index < -0.39 is 10.0 Å². The van der Waals surface area contributed by atoms with Crippen LogP contribution in [0, 0.1) is 0 Å². The van der Waals surface area contributed by atoms with Gasteiger partial charge in [0.05, 0.1) is 6.26 Å². The van der Waals surface area contributed by atoms with Crippen molar-refractivity contribution in [2.75, 3.05) is 19.3 Å². The minimum atomic E-state index is -2.96. The summed E-state index contributed by atoms with van der Waals surface area (Å²) >= 11 is 2.06. The Bertz CT molecular complexity index is 229. The van der Waals surface area contributed by atoms with E-state index in [1.807, 2.05) is 0 Å². The van der Waals surface area contributed by atoms with E-state index in [4.69, 9.17) is 0 Å². The maximum Gasteiger partial charge on any atom is 0.211 e. The molecule has 0 spiro atoms. The van der Waals surface area contributed by atoms with Crippen LogP contribution in [-0.4, -0.2) is 38.1 Å². The van der Waals surface area contributed by atoms with Gasteiger partial charge in [-0.15, -0.1) is 0 Å². The standard InChI is InChI=1S/C5H11IN2O2S/c1-11(9,10)8-3-2-5(4-8)7-6/h5,7H,2-4H2,1H3. The number of halogens is 1. The Hall–Kier alpha value is 0.600. The van der Waals surface area contributed by atoms with Gasteiger partial charge < -0.3 is 0 Å². The molecule has 6 heteroatoms. The van der Waals surface area contributed by atoms with Gasteiger partial charge in [-0.1, -0.05) is 0 Å². The highest BCUT2D eigenvalue weighted by atomic mass is 127. The van der Waals surface area contributed by atoms with Crippen molar-refractivity contribution in [3.05, 3.63) is 0 Å².